The summed E-state index contributed by atoms with van der Waals surface area (Å²) in [6.07, 6.45) is -3.69. The first-order chi connectivity index (χ1) is 13.6. The summed E-state index contributed by atoms with van der Waals surface area (Å²) >= 11 is 0. The summed E-state index contributed by atoms with van der Waals surface area (Å²) in [5.41, 5.74) is 0.853. The highest BCUT2D eigenvalue weighted by Gasteiger charge is 2.36. The van der Waals surface area contributed by atoms with Crippen LogP contribution in [-0.2, 0) is 4.79 Å². The standard InChI is InChI=1S/C19H25F3N4O3/c1-12(2)10-23-16(27)13-5-7-14(8-6-13)25-18(29)26-9-3-4-15(26)17(28)24-11-19(20,21)22/h5-8,12,15H,3-4,9-11H2,1-2H3,(H,23,27)(H,24,28)(H,25,29). The van der Waals surface area contributed by atoms with Crippen molar-refractivity contribution in [2.45, 2.75) is 38.9 Å². The molecular formula is C19H25F3N4O3. The first-order valence-electron chi connectivity index (χ1n) is 9.37. The fourth-order valence-electron chi connectivity index (χ4n) is 2.89. The quantitative estimate of drug-likeness (QED) is 0.669. The average Bonchev–Trinajstić information content (AvgIpc) is 3.14. The number of nitrogens with one attached hydrogen (secondary N) is 3. The van der Waals surface area contributed by atoms with Gasteiger partial charge in [-0.1, -0.05) is 13.8 Å². The van der Waals surface area contributed by atoms with E-state index in [9.17, 15) is 27.6 Å². The molecule has 1 fully saturated rings. The Kier molecular flexibility index (Phi) is 7.46. The Labute approximate surface area is 167 Å². The third-order valence-electron chi connectivity index (χ3n) is 4.35. The van der Waals surface area contributed by atoms with E-state index in [0.717, 1.165) is 0 Å². The maximum absolute atomic E-state index is 12.5. The highest BCUT2D eigenvalue weighted by Crippen LogP contribution is 2.20. The summed E-state index contributed by atoms with van der Waals surface area (Å²) < 4.78 is 36.9. The first kappa shape index (κ1) is 22.5. The van der Waals surface area contributed by atoms with E-state index in [0.29, 0.717) is 36.6 Å². The third-order valence-corrected chi connectivity index (χ3v) is 4.35. The predicted molar refractivity (Wildman–Crippen MR) is 101 cm³/mol. The number of urea groups is 1. The number of hydrogen-bond acceptors (Lipinski definition) is 3. The summed E-state index contributed by atoms with van der Waals surface area (Å²) in [6, 6.07) is 4.70. The lowest BCUT2D eigenvalue weighted by molar-refractivity contribution is -0.140. The van der Waals surface area contributed by atoms with Gasteiger partial charge in [0.15, 0.2) is 0 Å². The molecule has 0 bridgehead atoms. The van der Waals surface area contributed by atoms with Crippen molar-refractivity contribution in [1.29, 1.82) is 0 Å². The minimum atomic E-state index is -4.51. The van der Waals surface area contributed by atoms with Crippen LogP contribution in [0.4, 0.5) is 23.7 Å². The monoisotopic (exact) mass is 414 g/mol. The van der Waals surface area contributed by atoms with Gasteiger partial charge in [-0.15, -0.1) is 0 Å². The topological polar surface area (TPSA) is 90.5 Å². The molecule has 0 aromatic heterocycles. The number of anilines is 1. The second-order valence-electron chi connectivity index (χ2n) is 7.30. The van der Waals surface area contributed by atoms with Crippen molar-refractivity contribution >= 4 is 23.5 Å². The van der Waals surface area contributed by atoms with Gasteiger partial charge in [-0.2, -0.15) is 13.2 Å². The van der Waals surface area contributed by atoms with Gasteiger partial charge < -0.3 is 20.9 Å². The molecule has 29 heavy (non-hydrogen) atoms. The number of carbonyl (C=O) groups is 3. The Hall–Kier alpha value is -2.78. The van der Waals surface area contributed by atoms with Crippen molar-refractivity contribution in [3.8, 4) is 0 Å². The molecule has 1 aliphatic rings. The Balaban J connectivity index is 1.93. The van der Waals surface area contributed by atoms with Crippen LogP contribution in [0.1, 0.15) is 37.0 Å². The number of nitrogens with zero attached hydrogens (tertiary/aromatic N) is 1. The zero-order chi connectivity index (χ0) is 21.6. The maximum Gasteiger partial charge on any atom is 0.405 e. The number of hydrogen-bond donors (Lipinski definition) is 3. The van der Waals surface area contributed by atoms with Gasteiger partial charge in [0.25, 0.3) is 5.91 Å². The smallest absolute Gasteiger partial charge is 0.352 e. The molecule has 4 amide bonds. The minimum absolute atomic E-state index is 0.225. The first-order valence-corrected chi connectivity index (χ1v) is 9.37. The van der Waals surface area contributed by atoms with Crippen molar-refractivity contribution in [2.75, 3.05) is 25.0 Å². The van der Waals surface area contributed by atoms with Crippen molar-refractivity contribution in [3.05, 3.63) is 29.8 Å². The molecule has 1 aromatic rings. The second-order valence-corrected chi connectivity index (χ2v) is 7.30. The van der Waals surface area contributed by atoms with E-state index in [1.165, 1.54) is 4.90 Å². The Bertz CT molecular complexity index is 735. The van der Waals surface area contributed by atoms with Crippen LogP contribution in [0.25, 0.3) is 0 Å². The van der Waals surface area contributed by atoms with Gasteiger partial charge in [0.1, 0.15) is 12.6 Å². The van der Waals surface area contributed by atoms with E-state index >= 15 is 0 Å². The molecule has 0 aliphatic carbocycles. The number of carbonyl (C=O) groups excluding carboxylic acids is 3. The van der Waals surface area contributed by atoms with Crippen molar-refractivity contribution in [3.63, 3.8) is 0 Å². The number of likely N-dealkylation sites (tertiary alicyclic amines) is 1. The summed E-state index contributed by atoms with van der Waals surface area (Å²) in [7, 11) is 0. The van der Waals surface area contributed by atoms with Crippen LogP contribution in [0, 0.1) is 5.92 Å². The van der Waals surface area contributed by atoms with Crippen LogP contribution in [-0.4, -0.2) is 54.6 Å². The maximum atomic E-state index is 12.5. The van der Waals surface area contributed by atoms with Gasteiger partial charge in [-0.3, -0.25) is 9.59 Å². The van der Waals surface area contributed by atoms with Crippen LogP contribution in [0.5, 0.6) is 0 Å². The molecule has 1 saturated heterocycles. The predicted octanol–water partition coefficient (Wildman–Crippen LogP) is 2.75. The Morgan fingerprint density at radius 3 is 2.38 bits per heavy atom. The van der Waals surface area contributed by atoms with Gasteiger partial charge in [0.2, 0.25) is 5.91 Å². The van der Waals surface area contributed by atoms with Gasteiger partial charge in [-0.25, -0.2) is 4.79 Å². The number of amides is 4. The SMILES string of the molecule is CC(C)CNC(=O)c1ccc(NC(=O)N2CCCC2C(=O)NCC(F)(F)F)cc1. The summed E-state index contributed by atoms with van der Waals surface area (Å²) in [4.78, 5) is 37.7. The largest absolute Gasteiger partial charge is 0.405 e. The van der Waals surface area contributed by atoms with E-state index in [1.807, 2.05) is 19.2 Å². The van der Waals surface area contributed by atoms with E-state index in [-0.39, 0.29) is 12.5 Å². The number of alkyl halides is 3. The molecule has 0 saturated carbocycles. The molecule has 0 radical (unpaired) electrons. The molecular weight excluding hydrogens is 389 g/mol. The van der Waals surface area contributed by atoms with Crippen molar-refractivity contribution in [2.24, 2.45) is 5.92 Å². The number of rotatable bonds is 6. The molecule has 160 valence electrons. The van der Waals surface area contributed by atoms with Crippen LogP contribution in [0.15, 0.2) is 24.3 Å². The Morgan fingerprint density at radius 2 is 1.79 bits per heavy atom. The lowest BCUT2D eigenvalue weighted by Crippen LogP contribution is -2.49. The third kappa shape index (κ3) is 6.95. The number of benzene rings is 1. The van der Waals surface area contributed by atoms with Crippen molar-refractivity contribution < 1.29 is 27.6 Å². The molecule has 7 nitrogen and oxygen atoms in total. The lowest BCUT2D eigenvalue weighted by Gasteiger charge is -2.24. The lowest BCUT2D eigenvalue weighted by atomic mass is 10.1. The summed E-state index contributed by atoms with van der Waals surface area (Å²) in [5.74, 6) is -0.732. The van der Waals surface area contributed by atoms with E-state index in [1.54, 1.807) is 24.3 Å². The molecule has 1 aromatic carbocycles. The second kappa shape index (κ2) is 9.62. The Morgan fingerprint density at radius 1 is 1.14 bits per heavy atom. The minimum Gasteiger partial charge on any atom is -0.352 e. The normalized spacial score (nSPS) is 16.6. The molecule has 10 heteroatoms. The van der Waals surface area contributed by atoms with Crippen LogP contribution < -0.4 is 16.0 Å². The van der Waals surface area contributed by atoms with Gasteiger partial charge in [0.05, 0.1) is 0 Å². The molecule has 1 atom stereocenters. The summed E-state index contributed by atoms with van der Waals surface area (Å²) in [5, 5.41) is 7.22. The van der Waals surface area contributed by atoms with Crippen LogP contribution in [0.3, 0.4) is 0 Å². The fourth-order valence-corrected chi connectivity index (χ4v) is 2.89. The van der Waals surface area contributed by atoms with Crippen LogP contribution in [0.2, 0.25) is 0 Å². The van der Waals surface area contributed by atoms with Crippen LogP contribution >= 0.6 is 0 Å². The van der Waals surface area contributed by atoms with E-state index < -0.39 is 30.7 Å². The van der Waals surface area contributed by atoms with Gasteiger partial charge in [0, 0.05) is 24.3 Å². The molecule has 0 spiro atoms. The fraction of sp³-hybridized carbons (Fsp3) is 0.526. The highest BCUT2D eigenvalue weighted by molar-refractivity contribution is 5.96. The molecule has 1 heterocycles. The zero-order valence-electron chi connectivity index (χ0n) is 16.3. The zero-order valence-corrected chi connectivity index (χ0v) is 16.3. The molecule has 1 aliphatic heterocycles. The molecule has 3 N–H and O–H groups in total. The highest BCUT2D eigenvalue weighted by atomic mass is 19.4. The molecule has 1 unspecified atom stereocenters. The van der Waals surface area contributed by atoms with Gasteiger partial charge >= 0.3 is 12.2 Å². The number of halogens is 3. The molecule has 2 rings (SSSR count). The van der Waals surface area contributed by atoms with Crippen molar-refractivity contribution in [1.82, 2.24) is 15.5 Å². The van der Waals surface area contributed by atoms with Gasteiger partial charge in [-0.05, 0) is 43.0 Å². The van der Waals surface area contributed by atoms with E-state index in [2.05, 4.69) is 10.6 Å². The van der Waals surface area contributed by atoms with E-state index in [4.69, 9.17) is 0 Å². The summed E-state index contributed by atoms with van der Waals surface area (Å²) in [6.45, 7) is 3.34. The average molecular weight is 414 g/mol.